The third-order valence-corrected chi connectivity index (χ3v) is 3.51. The van der Waals surface area contributed by atoms with Crippen LogP contribution >= 0.6 is 0 Å². The molecule has 0 unspecified atom stereocenters. The zero-order chi connectivity index (χ0) is 15.9. The lowest BCUT2D eigenvalue weighted by Crippen LogP contribution is -2.19. The Morgan fingerprint density at radius 3 is 1.65 bits per heavy atom. The highest BCUT2D eigenvalue weighted by Gasteiger charge is 2.07. The van der Waals surface area contributed by atoms with Gasteiger partial charge in [-0.05, 0) is 35.4 Å². The van der Waals surface area contributed by atoms with Gasteiger partial charge in [-0.1, -0.05) is 60.7 Å². The van der Waals surface area contributed by atoms with Crippen LogP contribution in [0.25, 0.3) is 0 Å². The third-order valence-electron chi connectivity index (χ3n) is 3.51. The molecule has 0 saturated heterocycles. The van der Waals surface area contributed by atoms with E-state index in [-0.39, 0.29) is 5.78 Å². The molecule has 3 nitrogen and oxygen atoms in total. The van der Waals surface area contributed by atoms with Gasteiger partial charge in [-0.2, -0.15) is 5.10 Å². The van der Waals surface area contributed by atoms with Gasteiger partial charge in [0.1, 0.15) is 0 Å². The highest BCUT2D eigenvalue weighted by atomic mass is 16.1. The van der Waals surface area contributed by atoms with Crippen molar-refractivity contribution in [1.82, 2.24) is 5.01 Å². The van der Waals surface area contributed by atoms with Gasteiger partial charge >= 0.3 is 0 Å². The van der Waals surface area contributed by atoms with E-state index in [2.05, 4.69) is 29.4 Å². The summed E-state index contributed by atoms with van der Waals surface area (Å²) in [6, 6.07) is 20.5. The molecule has 2 aromatic carbocycles. The van der Waals surface area contributed by atoms with Gasteiger partial charge in [0, 0.05) is 0 Å². The number of ketones is 1. The van der Waals surface area contributed by atoms with Crippen LogP contribution in [0.3, 0.4) is 0 Å². The summed E-state index contributed by atoms with van der Waals surface area (Å²) in [4.78, 5) is 11.2. The molecular weight excluding hydrogens is 284 g/mol. The SMILES string of the molecule is O=C1C=CC(=NN(Cc2ccccc2)Cc2ccccc2)C=C1. The minimum absolute atomic E-state index is 0.00150. The second-order valence-electron chi connectivity index (χ2n) is 5.39. The Morgan fingerprint density at radius 2 is 1.17 bits per heavy atom. The van der Waals surface area contributed by atoms with Crippen molar-refractivity contribution in [2.45, 2.75) is 13.1 Å². The fourth-order valence-electron chi connectivity index (χ4n) is 2.39. The standard InChI is InChI=1S/C20H18N2O/c23-20-13-11-19(12-14-20)21-22(15-17-7-3-1-4-8-17)16-18-9-5-2-6-10-18/h1-14H,15-16H2. The van der Waals surface area contributed by atoms with Crippen molar-refractivity contribution in [3.05, 3.63) is 96.1 Å². The van der Waals surface area contributed by atoms with E-state index in [1.165, 1.54) is 11.1 Å². The average Bonchev–Trinajstić information content (AvgIpc) is 2.59. The summed E-state index contributed by atoms with van der Waals surface area (Å²) < 4.78 is 0. The second kappa shape index (κ2) is 7.36. The molecule has 2 aromatic rings. The molecule has 0 aromatic heterocycles. The molecule has 1 aliphatic rings. The molecule has 23 heavy (non-hydrogen) atoms. The van der Waals surface area contributed by atoms with Crippen LogP contribution in [0.4, 0.5) is 0 Å². The first-order chi connectivity index (χ1) is 11.3. The zero-order valence-corrected chi connectivity index (χ0v) is 12.8. The van der Waals surface area contributed by atoms with Gasteiger partial charge in [-0.3, -0.25) is 9.80 Å². The van der Waals surface area contributed by atoms with Crippen LogP contribution in [0.1, 0.15) is 11.1 Å². The predicted molar refractivity (Wildman–Crippen MR) is 92.9 cm³/mol. The summed E-state index contributed by atoms with van der Waals surface area (Å²) >= 11 is 0. The highest BCUT2D eigenvalue weighted by molar-refractivity contribution is 6.16. The molecule has 3 heteroatoms. The van der Waals surface area contributed by atoms with Crippen molar-refractivity contribution in [2.24, 2.45) is 5.10 Å². The van der Waals surface area contributed by atoms with Crippen molar-refractivity contribution in [1.29, 1.82) is 0 Å². The van der Waals surface area contributed by atoms with Crippen LogP contribution in [0.15, 0.2) is 90.1 Å². The van der Waals surface area contributed by atoms with Crippen LogP contribution in [0, 0.1) is 0 Å². The maximum absolute atomic E-state index is 11.2. The lowest BCUT2D eigenvalue weighted by Gasteiger charge is -2.20. The zero-order valence-electron chi connectivity index (χ0n) is 12.8. The number of nitrogens with zero attached hydrogens (tertiary/aromatic N) is 2. The van der Waals surface area contributed by atoms with Gasteiger partial charge in [-0.25, -0.2) is 0 Å². The Bertz CT molecular complexity index is 686. The van der Waals surface area contributed by atoms with Crippen LogP contribution in [-0.2, 0) is 17.9 Å². The van der Waals surface area contributed by atoms with Gasteiger partial charge in [0.05, 0.1) is 18.8 Å². The summed E-state index contributed by atoms with van der Waals surface area (Å²) in [7, 11) is 0. The summed E-state index contributed by atoms with van der Waals surface area (Å²) in [6.07, 6.45) is 6.60. The van der Waals surface area contributed by atoms with E-state index < -0.39 is 0 Å². The van der Waals surface area contributed by atoms with E-state index in [1.807, 2.05) is 41.4 Å². The van der Waals surface area contributed by atoms with Gasteiger partial charge in [0.2, 0.25) is 0 Å². The molecule has 0 N–H and O–H groups in total. The third kappa shape index (κ3) is 4.51. The Morgan fingerprint density at radius 1 is 0.696 bits per heavy atom. The van der Waals surface area contributed by atoms with Gasteiger partial charge in [0.15, 0.2) is 5.78 Å². The molecule has 0 spiro atoms. The number of hydrogen-bond donors (Lipinski definition) is 0. The summed E-state index contributed by atoms with van der Waals surface area (Å²) in [5.41, 5.74) is 3.19. The molecular formula is C20H18N2O. The second-order valence-corrected chi connectivity index (χ2v) is 5.39. The largest absolute Gasteiger partial charge is 0.290 e. The Balaban J connectivity index is 1.81. The van der Waals surface area contributed by atoms with E-state index in [0.717, 1.165) is 18.8 Å². The number of hydrogen-bond acceptors (Lipinski definition) is 3. The lowest BCUT2D eigenvalue weighted by atomic mass is 10.1. The quantitative estimate of drug-likeness (QED) is 0.622. The molecule has 0 atom stereocenters. The normalized spacial score (nSPS) is 13.2. The number of benzene rings is 2. The van der Waals surface area contributed by atoms with Crippen molar-refractivity contribution in [3.63, 3.8) is 0 Å². The summed E-state index contributed by atoms with van der Waals surface area (Å²) in [5, 5.41) is 6.70. The predicted octanol–water partition coefficient (Wildman–Crippen LogP) is 3.74. The van der Waals surface area contributed by atoms with Crippen LogP contribution < -0.4 is 0 Å². The Kier molecular flexibility index (Phi) is 4.79. The fraction of sp³-hybridized carbons (Fsp3) is 0.100. The molecule has 0 bridgehead atoms. The summed E-state index contributed by atoms with van der Waals surface area (Å²) in [6.45, 7) is 1.43. The smallest absolute Gasteiger partial charge is 0.178 e. The maximum Gasteiger partial charge on any atom is 0.178 e. The van der Waals surface area contributed by atoms with E-state index in [1.54, 1.807) is 24.3 Å². The summed E-state index contributed by atoms with van der Waals surface area (Å²) in [5.74, 6) is 0.00150. The maximum atomic E-state index is 11.2. The first-order valence-corrected chi connectivity index (χ1v) is 7.61. The van der Waals surface area contributed by atoms with Crippen LogP contribution in [-0.4, -0.2) is 16.5 Å². The van der Waals surface area contributed by atoms with Crippen molar-refractivity contribution in [2.75, 3.05) is 0 Å². The van der Waals surface area contributed by atoms with E-state index in [4.69, 9.17) is 0 Å². The fourth-order valence-corrected chi connectivity index (χ4v) is 2.39. The van der Waals surface area contributed by atoms with Crippen molar-refractivity contribution in [3.8, 4) is 0 Å². The van der Waals surface area contributed by atoms with Crippen molar-refractivity contribution >= 4 is 11.5 Å². The van der Waals surface area contributed by atoms with Gasteiger partial charge in [0.25, 0.3) is 0 Å². The number of allylic oxidation sites excluding steroid dienone is 4. The lowest BCUT2D eigenvalue weighted by molar-refractivity contribution is -0.110. The number of rotatable bonds is 5. The average molecular weight is 302 g/mol. The number of hydrazone groups is 1. The molecule has 1 aliphatic carbocycles. The molecule has 0 amide bonds. The van der Waals surface area contributed by atoms with Crippen LogP contribution in [0.2, 0.25) is 0 Å². The minimum atomic E-state index is 0.00150. The first-order valence-electron chi connectivity index (χ1n) is 7.61. The Labute approximate surface area is 136 Å². The minimum Gasteiger partial charge on any atom is -0.290 e. The number of carbonyl (C=O) groups is 1. The Hall–Kier alpha value is -2.94. The molecule has 0 fully saturated rings. The molecule has 3 rings (SSSR count). The van der Waals surface area contributed by atoms with Crippen LogP contribution in [0.5, 0.6) is 0 Å². The van der Waals surface area contributed by atoms with E-state index in [9.17, 15) is 4.79 Å². The van der Waals surface area contributed by atoms with Gasteiger partial charge < -0.3 is 0 Å². The molecule has 0 aliphatic heterocycles. The molecule has 0 radical (unpaired) electrons. The van der Waals surface area contributed by atoms with Crippen molar-refractivity contribution < 1.29 is 4.79 Å². The number of carbonyl (C=O) groups excluding carboxylic acids is 1. The molecule has 114 valence electrons. The monoisotopic (exact) mass is 302 g/mol. The molecule has 0 heterocycles. The topological polar surface area (TPSA) is 32.7 Å². The van der Waals surface area contributed by atoms with E-state index in [0.29, 0.717) is 0 Å². The van der Waals surface area contributed by atoms with E-state index >= 15 is 0 Å². The highest BCUT2D eigenvalue weighted by Crippen LogP contribution is 2.11. The first kappa shape index (κ1) is 15.0. The van der Waals surface area contributed by atoms with Gasteiger partial charge in [-0.15, -0.1) is 0 Å². The molecule has 0 saturated carbocycles.